The normalized spacial score (nSPS) is 21.4. The average molecular weight is 366 g/mol. The van der Waals surface area contributed by atoms with Gasteiger partial charge in [-0.2, -0.15) is 0 Å². The Morgan fingerprint density at radius 3 is 2.08 bits per heavy atom. The van der Waals surface area contributed by atoms with Crippen LogP contribution in [-0.2, 0) is 14.8 Å². The number of likely N-dealkylation sites (tertiary alicyclic amines) is 1. The number of phenols is 1. The van der Waals surface area contributed by atoms with Crippen molar-refractivity contribution in [2.45, 2.75) is 31.6 Å². The lowest BCUT2D eigenvalue weighted by molar-refractivity contribution is -0.137. The molecule has 1 N–H and O–H groups in total. The Morgan fingerprint density at radius 2 is 1.56 bits per heavy atom. The van der Waals surface area contributed by atoms with Crippen LogP contribution in [-0.4, -0.2) is 61.1 Å². The maximum absolute atomic E-state index is 12.7. The summed E-state index contributed by atoms with van der Waals surface area (Å²) in [6, 6.07) is 7.33. The van der Waals surface area contributed by atoms with E-state index in [0.717, 1.165) is 25.9 Å². The van der Waals surface area contributed by atoms with Crippen molar-refractivity contribution in [1.82, 2.24) is 9.21 Å². The maximum atomic E-state index is 12.7. The van der Waals surface area contributed by atoms with Gasteiger partial charge in [-0.05, 0) is 49.3 Å². The van der Waals surface area contributed by atoms with Crippen molar-refractivity contribution in [1.29, 1.82) is 0 Å². The van der Waals surface area contributed by atoms with E-state index in [1.165, 1.54) is 16.1 Å². The number of carbonyl (C=O) groups excluding carboxylic acids is 1. The van der Waals surface area contributed by atoms with E-state index in [4.69, 9.17) is 0 Å². The fraction of sp³-hybridized carbons (Fsp3) is 0.611. The Kier molecular flexibility index (Phi) is 5.34. The number of hydrogen-bond acceptors (Lipinski definition) is 4. The minimum atomic E-state index is -3.15. The molecule has 6 nitrogen and oxygen atoms in total. The number of carbonyl (C=O) groups is 1. The zero-order valence-electron chi connectivity index (χ0n) is 14.6. The minimum Gasteiger partial charge on any atom is -0.508 e. The highest BCUT2D eigenvalue weighted by Gasteiger charge is 2.33. The van der Waals surface area contributed by atoms with Crippen molar-refractivity contribution >= 4 is 15.9 Å². The van der Waals surface area contributed by atoms with Gasteiger partial charge in [0, 0.05) is 32.1 Å². The molecule has 1 aromatic carbocycles. The zero-order chi connectivity index (χ0) is 18.0. The molecular formula is C18H26N2O4S. The van der Waals surface area contributed by atoms with Crippen LogP contribution in [0, 0.1) is 5.92 Å². The van der Waals surface area contributed by atoms with Crippen LogP contribution in [0.4, 0.5) is 0 Å². The monoisotopic (exact) mass is 366 g/mol. The van der Waals surface area contributed by atoms with Gasteiger partial charge >= 0.3 is 0 Å². The number of amides is 1. The van der Waals surface area contributed by atoms with Gasteiger partial charge in [-0.15, -0.1) is 0 Å². The van der Waals surface area contributed by atoms with Crippen LogP contribution in [0.25, 0.3) is 0 Å². The molecule has 2 aliphatic rings. The molecule has 1 amide bonds. The largest absolute Gasteiger partial charge is 0.508 e. The molecule has 0 aliphatic carbocycles. The Hall–Kier alpha value is -1.60. The summed E-state index contributed by atoms with van der Waals surface area (Å²) >= 11 is 0. The van der Waals surface area contributed by atoms with Gasteiger partial charge in [0.15, 0.2) is 0 Å². The first-order valence-corrected chi connectivity index (χ1v) is 10.7. The summed E-state index contributed by atoms with van der Waals surface area (Å²) in [6.45, 7) is 2.38. The molecule has 1 aromatic rings. The summed E-state index contributed by atoms with van der Waals surface area (Å²) < 4.78 is 24.6. The Bertz CT molecular complexity index is 701. The van der Waals surface area contributed by atoms with Crippen molar-refractivity contribution in [3.8, 4) is 5.75 Å². The predicted octanol–water partition coefficient (Wildman–Crippen LogP) is 1.77. The number of rotatable bonds is 3. The number of nitrogens with zero attached hydrogens (tertiary/aromatic N) is 2. The van der Waals surface area contributed by atoms with E-state index < -0.39 is 10.0 Å². The van der Waals surface area contributed by atoms with Crippen LogP contribution in [0.2, 0.25) is 0 Å². The van der Waals surface area contributed by atoms with E-state index in [1.807, 2.05) is 17.0 Å². The van der Waals surface area contributed by atoms with Gasteiger partial charge in [0.2, 0.25) is 15.9 Å². The summed E-state index contributed by atoms with van der Waals surface area (Å²) in [5, 5.41) is 9.39. The highest BCUT2D eigenvalue weighted by atomic mass is 32.2. The molecule has 0 atom stereocenters. The molecule has 2 saturated heterocycles. The van der Waals surface area contributed by atoms with Crippen molar-refractivity contribution in [3.05, 3.63) is 29.8 Å². The Morgan fingerprint density at radius 1 is 1.00 bits per heavy atom. The van der Waals surface area contributed by atoms with Crippen LogP contribution in [0.3, 0.4) is 0 Å². The summed E-state index contributed by atoms with van der Waals surface area (Å²) in [5.41, 5.74) is 1.21. The second-order valence-corrected chi connectivity index (χ2v) is 9.11. The quantitative estimate of drug-likeness (QED) is 0.884. The lowest BCUT2D eigenvalue weighted by atomic mass is 9.88. The third-order valence-corrected chi connectivity index (χ3v) is 6.75. The smallest absolute Gasteiger partial charge is 0.225 e. The second-order valence-electron chi connectivity index (χ2n) is 7.13. The first-order valence-electron chi connectivity index (χ1n) is 8.87. The number of aromatic hydroxyl groups is 1. The first kappa shape index (κ1) is 18.2. The van der Waals surface area contributed by atoms with Crippen molar-refractivity contribution < 1.29 is 18.3 Å². The van der Waals surface area contributed by atoms with E-state index in [1.54, 1.807) is 12.1 Å². The van der Waals surface area contributed by atoms with Gasteiger partial charge in [0.1, 0.15) is 5.75 Å². The maximum Gasteiger partial charge on any atom is 0.225 e. The number of benzene rings is 1. The number of piperidine rings is 2. The Labute approximate surface area is 149 Å². The van der Waals surface area contributed by atoms with E-state index in [-0.39, 0.29) is 17.6 Å². The third kappa shape index (κ3) is 4.33. The van der Waals surface area contributed by atoms with Gasteiger partial charge in [-0.3, -0.25) is 4.79 Å². The number of phenolic OH excluding ortho intramolecular Hbond substituents is 1. The molecule has 0 unspecified atom stereocenters. The molecule has 2 aliphatic heterocycles. The molecule has 7 heteroatoms. The fourth-order valence-electron chi connectivity index (χ4n) is 3.87. The topological polar surface area (TPSA) is 77.9 Å². The van der Waals surface area contributed by atoms with Gasteiger partial charge in [0.05, 0.1) is 6.26 Å². The average Bonchev–Trinajstić information content (AvgIpc) is 2.61. The van der Waals surface area contributed by atoms with Crippen LogP contribution in [0.1, 0.15) is 37.2 Å². The predicted molar refractivity (Wildman–Crippen MR) is 95.8 cm³/mol. The lowest BCUT2D eigenvalue weighted by Gasteiger charge is -2.37. The summed E-state index contributed by atoms with van der Waals surface area (Å²) in [7, 11) is -3.15. The zero-order valence-corrected chi connectivity index (χ0v) is 15.4. The third-order valence-electron chi connectivity index (χ3n) is 5.44. The molecule has 0 bridgehead atoms. The highest BCUT2D eigenvalue weighted by molar-refractivity contribution is 7.88. The van der Waals surface area contributed by atoms with Crippen LogP contribution in [0.5, 0.6) is 5.75 Å². The van der Waals surface area contributed by atoms with Crippen molar-refractivity contribution in [2.75, 3.05) is 32.4 Å². The molecule has 0 spiro atoms. The van der Waals surface area contributed by atoms with Gasteiger partial charge in [-0.1, -0.05) is 12.1 Å². The molecule has 2 heterocycles. The minimum absolute atomic E-state index is 0.0526. The molecule has 25 heavy (non-hydrogen) atoms. The summed E-state index contributed by atoms with van der Waals surface area (Å²) in [6.07, 6.45) is 4.31. The molecule has 2 fully saturated rings. The van der Waals surface area contributed by atoms with Crippen molar-refractivity contribution in [2.24, 2.45) is 5.92 Å². The highest BCUT2D eigenvalue weighted by Crippen LogP contribution is 2.30. The second kappa shape index (κ2) is 7.33. The molecular weight excluding hydrogens is 340 g/mol. The van der Waals surface area contributed by atoms with E-state index >= 15 is 0 Å². The molecule has 3 rings (SSSR count). The van der Waals surface area contributed by atoms with E-state index in [2.05, 4.69) is 0 Å². The van der Waals surface area contributed by atoms with E-state index in [0.29, 0.717) is 31.8 Å². The standard InChI is InChI=1S/C18H26N2O4S/c1-25(23,24)20-12-8-16(9-13-20)18(22)19-10-6-15(7-11-19)14-2-4-17(21)5-3-14/h2-5,15-16,21H,6-13H2,1H3. The lowest BCUT2D eigenvalue weighted by Crippen LogP contribution is -2.46. The number of sulfonamides is 1. The Balaban J connectivity index is 1.51. The summed E-state index contributed by atoms with van der Waals surface area (Å²) in [4.78, 5) is 14.7. The summed E-state index contributed by atoms with van der Waals surface area (Å²) in [5.74, 6) is 0.828. The van der Waals surface area contributed by atoms with Gasteiger partial charge < -0.3 is 10.0 Å². The van der Waals surface area contributed by atoms with Gasteiger partial charge in [-0.25, -0.2) is 12.7 Å². The molecule has 138 valence electrons. The van der Waals surface area contributed by atoms with Crippen molar-refractivity contribution in [3.63, 3.8) is 0 Å². The van der Waals surface area contributed by atoms with Crippen LogP contribution in [0.15, 0.2) is 24.3 Å². The van der Waals surface area contributed by atoms with Gasteiger partial charge in [0.25, 0.3) is 0 Å². The van der Waals surface area contributed by atoms with Crippen LogP contribution < -0.4 is 0 Å². The number of hydrogen-bond donors (Lipinski definition) is 1. The molecule has 0 radical (unpaired) electrons. The SMILES string of the molecule is CS(=O)(=O)N1CCC(C(=O)N2CCC(c3ccc(O)cc3)CC2)CC1. The molecule has 0 saturated carbocycles. The van der Waals surface area contributed by atoms with Crippen LogP contribution >= 0.6 is 0 Å². The first-order chi connectivity index (χ1) is 11.8. The fourth-order valence-corrected chi connectivity index (χ4v) is 4.75. The van der Waals surface area contributed by atoms with E-state index in [9.17, 15) is 18.3 Å². The molecule has 0 aromatic heterocycles.